The van der Waals surface area contributed by atoms with E-state index >= 15 is 0 Å². The first-order valence-corrected chi connectivity index (χ1v) is 14.8. The summed E-state index contributed by atoms with van der Waals surface area (Å²) in [5, 5.41) is 13.5. The van der Waals surface area contributed by atoms with Crippen molar-refractivity contribution in [3.63, 3.8) is 0 Å². The number of primary amides is 1. The SMILES string of the molecule is C[C@H]1COCCN1c1cc(NC(=O)Cn2cc(-c3cc(Cl)c(O)c(C(N)=O)c3)c3c(=O)n(C)c(N4CCC4)nc32)c(Cl)cn1. The molecule has 44 heavy (non-hydrogen) atoms. The highest BCUT2D eigenvalue weighted by molar-refractivity contribution is 6.34. The van der Waals surface area contributed by atoms with E-state index in [1.54, 1.807) is 23.9 Å². The molecule has 0 saturated carbocycles. The van der Waals surface area contributed by atoms with E-state index in [1.807, 2.05) is 11.8 Å². The fourth-order valence-corrected chi connectivity index (χ4v) is 5.85. The Morgan fingerprint density at radius 3 is 2.64 bits per heavy atom. The molecule has 230 valence electrons. The number of aromatic nitrogens is 4. The second kappa shape index (κ2) is 11.6. The molecule has 4 N–H and O–H groups in total. The van der Waals surface area contributed by atoms with Crippen LogP contribution in [0.15, 0.2) is 35.4 Å². The number of hydrogen-bond acceptors (Lipinski definition) is 9. The maximum Gasteiger partial charge on any atom is 0.264 e. The van der Waals surface area contributed by atoms with E-state index in [-0.39, 0.29) is 44.8 Å². The second-order valence-corrected chi connectivity index (χ2v) is 11.7. The number of hydrogen-bond donors (Lipinski definition) is 3. The van der Waals surface area contributed by atoms with Crippen LogP contribution in [0.2, 0.25) is 10.0 Å². The molecule has 1 aromatic carbocycles. The van der Waals surface area contributed by atoms with E-state index in [1.165, 1.54) is 22.9 Å². The van der Waals surface area contributed by atoms with E-state index in [0.29, 0.717) is 48.3 Å². The molecule has 0 spiro atoms. The summed E-state index contributed by atoms with van der Waals surface area (Å²) in [4.78, 5) is 52.6. The van der Waals surface area contributed by atoms with Crippen LogP contribution in [0.3, 0.4) is 0 Å². The van der Waals surface area contributed by atoms with Gasteiger partial charge in [-0.3, -0.25) is 19.0 Å². The van der Waals surface area contributed by atoms with E-state index in [4.69, 9.17) is 38.7 Å². The van der Waals surface area contributed by atoms with Crippen molar-refractivity contribution in [1.29, 1.82) is 0 Å². The van der Waals surface area contributed by atoms with Crippen molar-refractivity contribution in [3.05, 3.63) is 56.6 Å². The van der Waals surface area contributed by atoms with E-state index in [9.17, 15) is 19.5 Å². The van der Waals surface area contributed by atoms with Crippen molar-refractivity contribution >= 4 is 63.5 Å². The van der Waals surface area contributed by atoms with Crippen LogP contribution in [-0.4, -0.2) is 74.9 Å². The number of amides is 2. The second-order valence-electron chi connectivity index (χ2n) is 10.9. The van der Waals surface area contributed by atoms with Gasteiger partial charge in [0.15, 0.2) is 5.65 Å². The minimum Gasteiger partial charge on any atom is -0.506 e. The predicted molar refractivity (Wildman–Crippen MR) is 168 cm³/mol. The molecule has 15 heteroatoms. The summed E-state index contributed by atoms with van der Waals surface area (Å²) in [6, 6.07) is 4.61. The molecule has 3 aromatic heterocycles. The molecular formula is C29H30Cl2N8O5. The van der Waals surface area contributed by atoms with Crippen LogP contribution in [-0.2, 0) is 23.1 Å². The monoisotopic (exact) mass is 640 g/mol. The molecule has 0 aliphatic carbocycles. The zero-order chi connectivity index (χ0) is 31.3. The molecule has 0 bridgehead atoms. The average molecular weight is 642 g/mol. The summed E-state index contributed by atoms with van der Waals surface area (Å²) in [6.07, 6.45) is 4.07. The van der Waals surface area contributed by atoms with Crippen LogP contribution in [0.4, 0.5) is 17.5 Å². The summed E-state index contributed by atoms with van der Waals surface area (Å²) in [6.45, 7) is 5.10. The molecular weight excluding hydrogens is 611 g/mol. The summed E-state index contributed by atoms with van der Waals surface area (Å²) >= 11 is 12.7. The maximum absolute atomic E-state index is 13.8. The number of anilines is 3. The number of carbonyl (C=O) groups excluding carboxylic acids is 2. The van der Waals surface area contributed by atoms with Crippen LogP contribution >= 0.6 is 23.2 Å². The van der Waals surface area contributed by atoms with Crippen LogP contribution in [0.1, 0.15) is 23.7 Å². The number of rotatable bonds is 7. The minimum atomic E-state index is -0.888. The first kappa shape index (κ1) is 29.7. The Labute approximate surface area is 261 Å². The van der Waals surface area contributed by atoms with Gasteiger partial charge in [-0.15, -0.1) is 0 Å². The van der Waals surface area contributed by atoms with Gasteiger partial charge in [0.2, 0.25) is 11.9 Å². The molecule has 1 atom stereocenters. The molecule has 2 aliphatic rings. The Hall–Kier alpha value is -4.33. The molecule has 2 amide bonds. The van der Waals surface area contributed by atoms with Gasteiger partial charge < -0.3 is 35.3 Å². The third-order valence-electron chi connectivity index (χ3n) is 7.94. The van der Waals surface area contributed by atoms with Crippen molar-refractivity contribution in [2.45, 2.75) is 25.9 Å². The quantitative estimate of drug-likeness (QED) is 0.276. The van der Waals surface area contributed by atoms with Crippen molar-refractivity contribution in [2.24, 2.45) is 12.8 Å². The molecule has 6 rings (SSSR count). The fourth-order valence-electron chi connectivity index (χ4n) is 5.48. The zero-order valence-electron chi connectivity index (χ0n) is 24.0. The van der Waals surface area contributed by atoms with Gasteiger partial charge in [-0.1, -0.05) is 23.2 Å². The van der Waals surface area contributed by atoms with Crippen LogP contribution in [0.5, 0.6) is 5.75 Å². The summed E-state index contributed by atoms with van der Waals surface area (Å²) in [5.41, 5.74) is 6.29. The average Bonchev–Trinajstić information content (AvgIpc) is 3.31. The van der Waals surface area contributed by atoms with Gasteiger partial charge in [0, 0.05) is 44.5 Å². The van der Waals surface area contributed by atoms with Gasteiger partial charge in [-0.25, -0.2) is 4.98 Å². The molecule has 0 radical (unpaired) electrons. The number of nitrogens with one attached hydrogen (secondary N) is 1. The number of ether oxygens (including phenoxy) is 1. The van der Waals surface area contributed by atoms with Gasteiger partial charge >= 0.3 is 0 Å². The number of phenols is 1. The number of aromatic hydroxyl groups is 1. The Balaban J connectivity index is 1.41. The number of carbonyl (C=O) groups is 2. The lowest BCUT2D eigenvalue weighted by Crippen LogP contribution is -2.44. The van der Waals surface area contributed by atoms with Gasteiger partial charge in [-0.05, 0) is 31.0 Å². The van der Waals surface area contributed by atoms with Gasteiger partial charge in [0.1, 0.15) is 18.1 Å². The number of benzene rings is 1. The van der Waals surface area contributed by atoms with Crippen LogP contribution in [0.25, 0.3) is 22.2 Å². The number of fused-ring (bicyclic) bond motifs is 1. The largest absolute Gasteiger partial charge is 0.506 e. The zero-order valence-corrected chi connectivity index (χ0v) is 25.5. The minimum absolute atomic E-state index is 0.100. The maximum atomic E-state index is 13.8. The van der Waals surface area contributed by atoms with E-state index in [2.05, 4.69) is 15.2 Å². The lowest BCUT2D eigenvalue weighted by molar-refractivity contribution is -0.116. The van der Waals surface area contributed by atoms with Crippen molar-refractivity contribution in [3.8, 4) is 16.9 Å². The normalized spacial score (nSPS) is 16.7. The number of halogens is 2. The molecule has 13 nitrogen and oxygen atoms in total. The first-order valence-electron chi connectivity index (χ1n) is 14.0. The highest BCUT2D eigenvalue weighted by Gasteiger charge is 2.26. The third-order valence-corrected chi connectivity index (χ3v) is 8.53. The lowest BCUT2D eigenvalue weighted by atomic mass is 10.0. The molecule has 2 saturated heterocycles. The Bertz CT molecular complexity index is 1870. The van der Waals surface area contributed by atoms with E-state index in [0.717, 1.165) is 19.5 Å². The first-order chi connectivity index (χ1) is 21.0. The lowest BCUT2D eigenvalue weighted by Gasteiger charge is -2.34. The van der Waals surface area contributed by atoms with Crippen LogP contribution < -0.4 is 26.4 Å². The smallest absolute Gasteiger partial charge is 0.264 e. The van der Waals surface area contributed by atoms with Crippen molar-refractivity contribution in [1.82, 2.24) is 19.1 Å². The third kappa shape index (κ3) is 5.31. The number of nitrogens with two attached hydrogens (primary N) is 1. The summed E-state index contributed by atoms with van der Waals surface area (Å²) in [7, 11) is 1.63. The molecule has 4 aromatic rings. The molecule has 5 heterocycles. The Morgan fingerprint density at radius 2 is 1.95 bits per heavy atom. The van der Waals surface area contributed by atoms with Gasteiger partial charge in [0.25, 0.3) is 11.5 Å². The topological polar surface area (TPSA) is 161 Å². The van der Waals surface area contributed by atoms with Crippen molar-refractivity contribution < 1.29 is 19.4 Å². The molecule has 0 unspecified atom stereocenters. The standard InChI is InChI=1S/C29H30Cl2N8O5/c1-15-14-44-7-6-39(15)22-10-21(20(31)11-33-22)34-23(40)13-38-12-18(16-8-17(26(32)42)25(41)19(30)9-16)24-27(38)35-29(36(2)28(24)43)37-4-3-5-37/h8-12,15,41H,3-7,13-14H2,1-2H3,(H2,32,42)(H,33,34,40)/t15-/m0/s1. The summed E-state index contributed by atoms with van der Waals surface area (Å²) < 4.78 is 8.54. The number of pyridine rings is 1. The highest BCUT2D eigenvalue weighted by atomic mass is 35.5. The summed E-state index contributed by atoms with van der Waals surface area (Å²) in [5.74, 6) is -0.633. The predicted octanol–water partition coefficient (Wildman–Crippen LogP) is 2.98. The van der Waals surface area contributed by atoms with E-state index < -0.39 is 17.6 Å². The Morgan fingerprint density at radius 1 is 1.18 bits per heavy atom. The van der Waals surface area contributed by atoms with Gasteiger partial charge in [-0.2, -0.15) is 4.98 Å². The molecule has 2 fully saturated rings. The molecule has 2 aliphatic heterocycles. The van der Waals surface area contributed by atoms with Gasteiger partial charge in [0.05, 0.1) is 52.1 Å². The fraction of sp³-hybridized carbons (Fsp3) is 0.345. The van der Waals surface area contributed by atoms with Crippen molar-refractivity contribution in [2.75, 3.05) is 48.0 Å². The number of morpholine rings is 1. The van der Waals surface area contributed by atoms with Crippen LogP contribution in [0, 0.1) is 0 Å². The highest BCUT2D eigenvalue weighted by Crippen LogP contribution is 2.37. The Kier molecular flexibility index (Phi) is 7.86. The number of nitrogens with zero attached hydrogens (tertiary/aromatic N) is 6.